The Labute approximate surface area is 125 Å². The fourth-order valence-electron chi connectivity index (χ4n) is 2.19. The third kappa shape index (κ3) is 4.16. The smallest absolute Gasteiger partial charge is 0.273 e. The van der Waals surface area contributed by atoms with Crippen molar-refractivity contribution in [1.29, 1.82) is 0 Å². The summed E-state index contributed by atoms with van der Waals surface area (Å²) in [6, 6.07) is 9.66. The fourth-order valence-corrected chi connectivity index (χ4v) is 2.19. The summed E-state index contributed by atoms with van der Waals surface area (Å²) >= 11 is 0. The highest BCUT2D eigenvalue weighted by Crippen LogP contribution is 2.12. The van der Waals surface area contributed by atoms with Crippen LogP contribution in [0.5, 0.6) is 0 Å². The van der Waals surface area contributed by atoms with Crippen LogP contribution in [0.25, 0.3) is 0 Å². The van der Waals surface area contributed by atoms with Crippen molar-refractivity contribution >= 4 is 11.6 Å². The van der Waals surface area contributed by atoms with Gasteiger partial charge in [-0.25, -0.2) is 0 Å². The van der Waals surface area contributed by atoms with Gasteiger partial charge in [0.15, 0.2) is 0 Å². The third-order valence-corrected chi connectivity index (χ3v) is 3.18. The van der Waals surface area contributed by atoms with Gasteiger partial charge in [0.25, 0.3) is 5.91 Å². The topological polar surface area (TPSA) is 58.9 Å². The van der Waals surface area contributed by atoms with Crippen LogP contribution in [0.2, 0.25) is 0 Å². The van der Waals surface area contributed by atoms with Crippen molar-refractivity contribution in [3.05, 3.63) is 47.3 Å². The van der Waals surface area contributed by atoms with Crippen LogP contribution in [-0.4, -0.2) is 22.2 Å². The number of hydrogen-bond donors (Lipinski definition) is 2. The lowest BCUT2D eigenvalue weighted by Gasteiger charge is -2.08. The van der Waals surface area contributed by atoms with Crippen LogP contribution in [0.1, 0.15) is 35.1 Å². The largest absolute Gasteiger partial charge is 0.321 e. The molecule has 1 heterocycles. The average Bonchev–Trinajstić information content (AvgIpc) is 2.78. The highest BCUT2D eigenvalue weighted by molar-refractivity contribution is 6.03. The predicted molar refractivity (Wildman–Crippen MR) is 84.3 cm³/mol. The zero-order chi connectivity index (χ0) is 15.2. The van der Waals surface area contributed by atoms with Crippen molar-refractivity contribution in [3.63, 3.8) is 0 Å². The molecular weight excluding hydrogens is 264 g/mol. The second-order valence-electron chi connectivity index (χ2n) is 5.13. The first-order valence-electron chi connectivity index (χ1n) is 7.22. The van der Waals surface area contributed by atoms with Gasteiger partial charge in [-0.3, -0.25) is 9.48 Å². The Morgan fingerprint density at radius 2 is 2.14 bits per heavy atom. The SMILES string of the molecule is CCCNCc1cccc(NC(=O)c2cc(C)nn2C)c1. The molecule has 0 saturated heterocycles. The van der Waals surface area contributed by atoms with Crippen LogP contribution in [0.15, 0.2) is 30.3 Å². The van der Waals surface area contributed by atoms with Crippen molar-refractivity contribution in [2.75, 3.05) is 11.9 Å². The number of carbonyl (C=O) groups excluding carboxylic acids is 1. The fraction of sp³-hybridized carbons (Fsp3) is 0.375. The first-order valence-corrected chi connectivity index (χ1v) is 7.22. The predicted octanol–water partition coefficient (Wildman–Crippen LogP) is 2.48. The van der Waals surface area contributed by atoms with Crippen molar-refractivity contribution < 1.29 is 4.79 Å². The maximum Gasteiger partial charge on any atom is 0.273 e. The molecule has 0 aliphatic heterocycles. The molecule has 0 atom stereocenters. The highest BCUT2D eigenvalue weighted by Gasteiger charge is 2.11. The molecule has 5 nitrogen and oxygen atoms in total. The summed E-state index contributed by atoms with van der Waals surface area (Å²) < 4.78 is 1.59. The first-order chi connectivity index (χ1) is 10.1. The number of aryl methyl sites for hydroxylation is 2. The van der Waals surface area contributed by atoms with Crippen LogP contribution in [0, 0.1) is 6.92 Å². The minimum absolute atomic E-state index is 0.142. The highest BCUT2D eigenvalue weighted by atomic mass is 16.2. The number of nitrogens with zero attached hydrogens (tertiary/aromatic N) is 2. The molecular formula is C16H22N4O. The summed E-state index contributed by atoms with van der Waals surface area (Å²) in [4.78, 5) is 12.2. The van der Waals surface area contributed by atoms with Crippen LogP contribution < -0.4 is 10.6 Å². The number of hydrogen-bond acceptors (Lipinski definition) is 3. The molecule has 5 heteroatoms. The Balaban J connectivity index is 2.04. The zero-order valence-corrected chi connectivity index (χ0v) is 12.8. The summed E-state index contributed by atoms with van der Waals surface area (Å²) in [5.74, 6) is -0.142. The summed E-state index contributed by atoms with van der Waals surface area (Å²) in [6.07, 6.45) is 1.11. The first kappa shape index (κ1) is 15.3. The van der Waals surface area contributed by atoms with Gasteiger partial charge in [-0.05, 0) is 43.7 Å². The molecule has 1 aromatic carbocycles. The van der Waals surface area contributed by atoms with E-state index < -0.39 is 0 Å². The lowest BCUT2D eigenvalue weighted by atomic mass is 10.2. The van der Waals surface area contributed by atoms with E-state index in [1.165, 1.54) is 0 Å². The molecule has 0 aliphatic carbocycles. The number of rotatable bonds is 6. The van der Waals surface area contributed by atoms with Gasteiger partial charge in [0.05, 0.1) is 5.69 Å². The van der Waals surface area contributed by atoms with Crippen LogP contribution in [0.4, 0.5) is 5.69 Å². The molecule has 0 unspecified atom stereocenters. The minimum atomic E-state index is -0.142. The third-order valence-electron chi connectivity index (χ3n) is 3.18. The van der Waals surface area contributed by atoms with Gasteiger partial charge in [-0.2, -0.15) is 5.10 Å². The number of carbonyl (C=O) groups is 1. The molecule has 112 valence electrons. The van der Waals surface area contributed by atoms with Crippen molar-refractivity contribution in [2.45, 2.75) is 26.8 Å². The standard InChI is InChI=1S/C16H22N4O/c1-4-8-17-11-13-6-5-7-14(10-13)18-16(21)15-9-12(2)19-20(15)3/h5-7,9-10,17H,4,8,11H2,1-3H3,(H,18,21). The summed E-state index contributed by atoms with van der Waals surface area (Å²) in [5, 5.41) is 10.5. The Kier molecular flexibility index (Phi) is 5.11. The molecule has 2 N–H and O–H groups in total. The van der Waals surface area contributed by atoms with Crippen molar-refractivity contribution in [2.24, 2.45) is 7.05 Å². The minimum Gasteiger partial charge on any atom is -0.321 e. The maximum absolute atomic E-state index is 12.2. The van der Waals surface area contributed by atoms with Crippen LogP contribution >= 0.6 is 0 Å². The van der Waals surface area contributed by atoms with Gasteiger partial charge in [-0.15, -0.1) is 0 Å². The van der Waals surface area contributed by atoms with E-state index in [0.717, 1.165) is 36.5 Å². The van der Waals surface area contributed by atoms with E-state index in [1.807, 2.05) is 31.2 Å². The van der Waals surface area contributed by atoms with E-state index in [2.05, 4.69) is 22.7 Å². The Hall–Kier alpha value is -2.14. The van der Waals surface area contributed by atoms with E-state index in [4.69, 9.17) is 0 Å². The van der Waals surface area contributed by atoms with Gasteiger partial charge >= 0.3 is 0 Å². The van der Waals surface area contributed by atoms with Gasteiger partial charge in [-0.1, -0.05) is 19.1 Å². The summed E-state index contributed by atoms with van der Waals surface area (Å²) in [5.41, 5.74) is 3.35. The van der Waals surface area contributed by atoms with E-state index in [1.54, 1.807) is 17.8 Å². The lowest BCUT2D eigenvalue weighted by molar-refractivity contribution is 0.101. The molecule has 0 spiro atoms. The van der Waals surface area contributed by atoms with Gasteiger partial charge in [0.2, 0.25) is 0 Å². The van der Waals surface area contributed by atoms with Crippen LogP contribution in [-0.2, 0) is 13.6 Å². The Bertz CT molecular complexity index is 618. The molecule has 0 saturated carbocycles. The van der Waals surface area contributed by atoms with Gasteiger partial charge < -0.3 is 10.6 Å². The molecule has 1 aromatic heterocycles. The molecule has 0 fully saturated rings. The normalized spacial score (nSPS) is 10.6. The van der Waals surface area contributed by atoms with E-state index in [-0.39, 0.29) is 5.91 Å². The van der Waals surface area contributed by atoms with E-state index >= 15 is 0 Å². The number of amides is 1. The van der Waals surface area contributed by atoms with Crippen molar-refractivity contribution in [1.82, 2.24) is 15.1 Å². The zero-order valence-electron chi connectivity index (χ0n) is 12.8. The van der Waals surface area contributed by atoms with E-state index in [0.29, 0.717) is 5.69 Å². The Morgan fingerprint density at radius 3 is 2.81 bits per heavy atom. The molecule has 0 radical (unpaired) electrons. The molecule has 2 rings (SSSR count). The second-order valence-corrected chi connectivity index (χ2v) is 5.13. The molecule has 21 heavy (non-hydrogen) atoms. The molecule has 1 amide bonds. The quantitative estimate of drug-likeness (QED) is 0.802. The number of nitrogens with one attached hydrogen (secondary N) is 2. The number of aromatic nitrogens is 2. The lowest BCUT2D eigenvalue weighted by Crippen LogP contribution is -2.17. The second kappa shape index (κ2) is 7.04. The average molecular weight is 286 g/mol. The maximum atomic E-state index is 12.2. The molecule has 0 bridgehead atoms. The van der Waals surface area contributed by atoms with Crippen molar-refractivity contribution in [3.8, 4) is 0 Å². The molecule has 2 aromatic rings. The summed E-state index contributed by atoms with van der Waals surface area (Å²) in [7, 11) is 1.77. The molecule has 0 aliphatic rings. The Morgan fingerprint density at radius 1 is 1.33 bits per heavy atom. The monoisotopic (exact) mass is 286 g/mol. The number of anilines is 1. The summed E-state index contributed by atoms with van der Waals surface area (Å²) in [6.45, 7) is 5.81. The number of benzene rings is 1. The van der Waals surface area contributed by atoms with E-state index in [9.17, 15) is 4.79 Å². The van der Waals surface area contributed by atoms with Crippen LogP contribution in [0.3, 0.4) is 0 Å². The van der Waals surface area contributed by atoms with Gasteiger partial charge in [0, 0.05) is 19.3 Å². The van der Waals surface area contributed by atoms with Gasteiger partial charge in [0.1, 0.15) is 5.69 Å².